The summed E-state index contributed by atoms with van der Waals surface area (Å²) in [5.74, 6) is -1.02. The van der Waals surface area contributed by atoms with E-state index in [9.17, 15) is 9.90 Å². The molecule has 0 unspecified atom stereocenters. The highest BCUT2D eigenvalue weighted by atomic mass is 16.4. The summed E-state index contributed by atoms with van der Waals surface area (Å²) in [5.41, 5.74) is 10.2. The van der Waals surface area contributed by atoms with Gasteiger partial charge in [0.2, 0.25) is 0 Å². The van der Waals surface area contributed by atoms with Gasteiger partial charge in [0.25, 0.3) is 0 Å². The normalized spacial score (nSPS) is 10.8. The molecule has 0 aliphatic carbocycles. The molecule has 0 saturated heterocycles. The maximum Gasteiger partial charge on any atom is 0.337 e. The highest BCUT2D eigenvalue weighted by Gasteiger charge is 2.15. The van der Waals surface area contributed by atoms with Crippen LogP contribution < -0.4 is 11.1 Å². The molecule has 0 spiro atoms. The van der Waals surface area contributed by atoms with Gasteiger partial charge in [-0.2, -0.15) is 5.10 Å². The monoisotopic (exact) mass is 345 g/mol. The van der Waals surface area contributed by atoms with Crippen LogP contribution in [0, 0.1) is 0 Å². The zero-order valence-corrected chi connectivity index (χ0v) is 13.6. The van der Waals surface area contributed by atoms with Crippen LogP contribution in [-0.2, 0) is 0 Å². The second-order valence-electron chi connectivity index (χ2n) is 5.77. The number of H-pyrrole nitrogens is 1. The second kappa shape index (κ2) is 6.21. The van der Waals surface area contributed by atoms with Gasteiger partial charge >= 0.3 is 5.97 Å². The minimum absolute atomic E-state index is 0.148. The Labute approximate surface area is 148 Å². The van der Waals surface area contributed by atoms with Crippen LogP contribution in [0.3, 0.4) is 0 Å². The van der Waals surface area contributed by atoms with Crippen molar-refractivity contribution in [1.29, 1.82) is 0 Å². The van der Waals surface area contributed by atoms with E-state index in [1.807, 2.05) is 42.5 Å². The van der Waals surface area contributed by atoms with Gasteiger partial charge in [-0.3, -0.25) is 10.1 Å². The molecule has 2 aromatic heterocycles. The molecule has 0 bridgehead atoms. The maximum atomic E-state index is 11.4. The van der Waals surface area contributed by atoms with Crippen molar-refractivity contribution >= 4 is 33.9 Å². The molecule has 0 aliphatic rings. The van der Waals surface area contributed by atoms with E-state index in [0.29, 0.717) is 11.4 Å². The number of anilines is 3. The Morgan fingerprint density at radius 3 is 2.65 bits per heavy atom. The summed E-state index contributed by atoms with van der Waals surface area (Å²) in [5, 5.41) is 20.8. The molecular weight excluding hydrogens is 330 g/mol. The number of hydrogen-bond donors (Lipinski definition) is 4. The first-order valence-electron chi connectivity index (χ1n) is 7.91. The van der Waals surface area contributed by atoms with Gasteiger partial charge in [-0.1, -0.05) is 18.2 Å². The molecule has 7 heteroatoms. The van der Waals surface area contributed by atoms with Crippen molar-refractivity contribution in [3.63, 3.8) is 0 Å². The Balaban J connectivity index is 1.85. The highest BCUT2D eigenvalue weighted by Crippen LogP contribution is 2.34. The van der Waals surface area contributed by atoms with E-state index >= 15 is 0 Å². The number of hydrogen-bond acceptors (Lipinski definition) is 5. The van der Waals surface area contributed by atoms with Crippen LogP contribution >= 0.6 is 0 Å². The Morgan fingerprint density at radius 2 is 1.88 bits per heavy atom. The molecule has 2 aromatic carbocycles. The van der Waals surface area contributed by atoms with Crippen molar-refractivity contribution in [2.24, 2.45) is 0 Å². The van der Waals surface area contributed by atoms with E-state index in [2.05, 4.69) is 20.5 Å². The fourth-order valence-electron chi connectivity index (χ4n) is 2.85. The first-order chi connectivity index (χ1) is 12.6. The molecule has 4 aromatic rings. The summed E-state index contributed by atoms with van der Waals surface area (Å²) < 4.78 is 0. The number of nitrogens with one attached hydrogen (secondary N) is 2. The quantitative estimate of drug-likeness (QED) is 0.419. The van der Waals surface area contributed by atoms with E-state index in [1.165, 1.54) is 18.5 Å². The van der Waals surface area contributed by atoms with Gasteiger partial charge in [0.1, 0.15) is 5.69 Å². The van der Waals surface area contributed by atoms with Gasteiger partial charge in [-0.05, 0) is 30.3 Å². The van der Waals surface area contributed by atoms with Crippen LogP contribution in [0.4, 0.5) is 17.1 Å². The number of carboxylic acids is 1. The number of fused-ring (bicyclic) bond motifs is 1. The van der Waals surface area contributed by atoms with Crippen molar-refractivity contribution in [2.45, 2.75) is 0 Å². The highest BCUT2D eigenvalue weighted by molar-refractivity contribution is 6.04. The Morgan fingerprint density at radius 1 is 1.08 bits per heavy atom. The molecule has 0 fully saturated rings. The second-order valence-corrected chi connectivity index (χ2v) is 5.77. The predicted octanol–water partition coefficient (Wildman–Crippen LogP) is 3.65. The van der Waals surface area contributed by atoms with Crippen LogP contribution in [0.5, 0.6) is 0 Å². The van der Waals surface area contributed by atoms with Crippen LogP contribution in [0.25, 0.3) is 22.2 Å². The zero-order chi connectivity index (χ0) is 18.1. The number of carboxylic acid groups (broad SMARTS) is 1. The number of nitrogens with zero attached hydrogens (tertiary/aromatic N) is 2. The first-order valence-corrected chi connectivity index (χ1v) is 7.91. The van der Waals surface area contributed by atoms with E-state index in [-0.39, 0.29) is 5.56 Å². The van der Waals surface area contributed by atoms with Crippen LogP contribution in [0.15, 0.2) is 60.9 Å². The van der Waals surface area contributed by atoms with Crippen LogP contribution in [0.1, 0.15) is 10.4 Å². The summed E-state index contributed by atoms with van der Waals surface area (Å²) in [6.45, 7) is 0. The van der Waals surface area contributed by atoms with Gasteiger partial charge in [0, 0.05) is 17.4 Å². The Bertz CT molecular complexity index is 1100. The number of nitrogen functional groups attached to an aromatic ring is 1. The number of benzene rings is 2. The van der Waals surface area contributed by atoms with Gasteiger partial charge in [-0.15, -0.1) is 0 Å². The van der Waals surface area contributed by atoms with Crippen molar-refractivity contribution in [3.05, 3.63) is 66.5 Å². The number of nitrogens with two attached hydrogens (primary N) is 1. The van der Waals surface area contributed by atoms with Crippen molar-refractivity contribution in [1.82, 2.24) is 15.2 Å². The third-order valence-corrected chi connectivity index (χ3v) is 4.09. The molecule has 26 heavy (non-hydrogen) atoms. The van der Waals surface area contributed by atoms with Crippen LogP contribution in [0.2, 0.25) is 0 Å². The molecule has 0 radical (unpaired) electrons. The number of aromatic amines is 1. The van der Waals surface area contributed by atoms with E-state index in [0.717, 1.165) is 27.8 Å². The lowest BCUT2D eigenvalue weighted by Crippen LogP contribution is -2.03. The fourth-order valence-corrected chi connectivity index (χ4v) is 2.85. The van der Waals surface area contributed by atoms with Gasteiger partial charge in [0.05, 0.1) is 34.0 Å². The molecule has 0 aliphatic heterocycles. The maximum absolute atomic E-state index is 11.4. The minimum Gasteiger partial charge on any atom is -0.478 e. The summed E-state index contributed by atoms with van der Waals surface area (Å²) >= 11 is 0. The lowest BCUT2D eigenvalue weighted by molar-refractivity contribution is 0.0698. The van der Waals surface area contributed by atoms with Gasteiger partial charge in [0.15, 0.2) is 0 Å². The molecule has 128 valence electrons. The first kappa shape index (κ1) is 15.6. The molecule has 2 heterocycles. The number of pyridine rings is 1. The summed E-state index contributed by atoms with van der Waals surface area (Å²) in [6.07, 6.45) is 2.94. The van der Waals surface area contributed by atoms with Crippen molar-refractivity contribution in [2.75, 3.05) is 11.1 Å². The molecule has 0 atom stereocenters. The summed E-state index contributed by atoms with van der Waals surface area (Å²) in [7, 11) is 0. The Kier molecular flexibility index (Phi) is 3.74. The SMILES string of the molecule is Nc1ccc(-c2n[nH]c3cccc(Nc4cnccc4C(=O)O)c23)cc1. The third kappa shape index (κ3) is 2.71. The van der Waals surface area contributed by atoms with Gasteiger partial charge in [-0.25, -0.2) is 4.79 Å². The van der Waals surface area contributed by atoms with Crippen LogP contribution in [-0.4, -0.2) is 26.3 Å². The number of aromatic carboxylic acids is 1. The molecule has 0 saturated carbocycles. The molecular formula is C19H15N5O2. The topological polar surface area (TPSA) is 117 Å². The largest absolute Gasteiger partial charge is 0.478 e. The zero-order valence-electron chi connectivity index (χ0n) is 13.6. The Hall–Kier alpha value is -3.87. The summed E-state index contributed by atoms with van der Waals surface area (Å²) in [6, 6.07) is 14.5. The average molecular weight is 345 g/mol. The molecule has 7 nitrogen and oxygen atoms in total. The average Bonchev–Trinajstić information content (AvgIpc) is 3.08. The number of carbonyl (C=O) groups is 1. The van der Waals surface area contributed by atoms with Gasteiger partial charge < -0.3 is 16.2 Å². The lowest BCUT2D eigenvalue weighted by Gasteiger charge is -2.11. The third-order valence-electron chi connectivity index (χ3n) is 4.09. The van der Waals surface area contributed by atoms with E-state index in [4.69, 9.17) is 5.73 Å². The number of rotatable bonds is 4. The molecule has 0 amide bonds. The molecule has 4 rings (SSSR count). The van der Waals surface area contributed by atoms with Crippen molar-refractivity contribution in [3.8, 4) is 11.3 Å². The van der Waals surface area contributed by atoms with E-state index < -0.39 is 5.97 Å². The lowest BCUT2D eigenvalue weighted by atomic mass is 10.1. The predicted molar refractivity (Wildman–Crippen MR) is 100 cm³/mol. The van der Waals surface area contributed by atoms with Crippen molar-refractivity contribution < 1.29 is 9.90 Å². The smallest absolute Gasteiger partial charge is 0.337 e. The standard InChI is InChI=1S/C19H15N5O2/c20-12-6-4-11(5-7-12)18-17-14(2-1-3-15(17)23-24-18)22-16-10-21-9-8-13(16)19(25)26/h1-10,22H,20H2,(H,23,24)(H,25,26). The number of aromatic nitrogens is 3. The van der Waals surface area contributed by atoms with E-state index in [1.54, 1.807) is 0 Å². The fraction of sp³-hybridized carbons (Fsp3) is 0. The minimum atomic E-state index is -1.02. The summed E-state index contributed by atoms with van der Waals surface area (Å²) in [4.78, 5) is 15.5. The molecule has 5 N–H and O–H groups in total.